The number of ether oxygens (including phenoxy) is 1. The van der Waals surface area contributed by atoms with Gasteiger partial charge in [0.1, 0.15) is 5.75 Å². The van der Waals surface area contributed by atoms with Crippen LogP contribution in [0.15, 0.2) is 54.6 Å². The van der Waals surface area contributed by atoms with Gasteiger partial charge in [-0.1, -0.05) is 23.7 Å². The van der Waals surface area contributed by atoms with Gasteiger partial charge >= 0.3 is 0 Å². The number of methoxy groups -OCH3 is 1. The second-order valence-corrected chi connectivity index (χ2v) is 9.25. The minimum Gasteiger partial charge on any atom is -0.497 e. The number of hydrogen-bond acceptors (Lipinski definition) is 3. The van der Waals surface area contributed by atoms with Crippen molar-refractivity contribution in [3.8, 4) is 22.7 Å². The third kappa shape index (κ3) is 3.43. The first-order valence-electron chi connectivity index (χ1n) is 8.96. The van der Waals surface area contributed by atoms with Gasteiger partial charge in [-0.2, -0.15) is 4.31 Å². The standard InChI is InChI=1S/C21H21ClN2O3S/c1-27-17-9-7-15(8-10-17)21-13-16-14-23(28(2,25)26)12-11-19(16)24(21)20-6-4-3-5-18(20)22/h3-10,13H,11-12,14H2,1-2H3. The van der Waals surface area contributed by atoms with E-state index in [-0.39, 0.29) is 0 Å². The summed E-state index contributed by atoms with van der Waals surface area (Å²) in [5.74, 6) is 0.785. The maximum atomic E-state index is 12.0. The molecule has 146 valence electrons. The van der Waals surface area contributed by atoms with Crippen molar-refractivity contribution in [3.05, 3.63) is 70.9 Å². The lowest BCUT2D eigenvalue weighted by atomic mass is 10.1. The van der Waals surface area contributed by atoms with Crippen molar-refractivity contribution >= 4 is 21.6 Å². The molecule has 0 N–H and O–H groups in total. The zero-order valence-electron chi connectivity index (χ0n) is 15.7. The van der Waals surface area contributed by atoms with Crippen LogP contribution in [0.1, 0.15) is 11.3 Å². The van der Waals surface area contributed by atoms with Crippen molar-refractivity contribution in [2.24, 2.45) is 0 Å². The normalized spacial score (nSPS) is 14.7. The van der Waals surface area contributed by atoms with E-state index in [4.69, 9.17) is 16.3 Å². The SMILES string of the molecule is COc1ccc(-c2cc3c(n2-c2ccccc2Cl)CCN(S(C)(=O)=O)C3)cc1. The highest BCUT2D eigenvalue weighted by Gasteiger charge is 2.28. The van der Waals surface area contributed by atoms with E-state index in [2.05, 4.69) is 10.6 Å². The first-order chi connectivity index (χ1) is 13.4. The molecule has 0 atom stereocenters. The van der Waals surface area contributed by atoms with Gasteiger partial charge in [-0.05, 0) is 53.6 Å². The molecule has 0 bridgehead atoms. The van der Waals surface area contributed by atoms with E-state index >= 15 is 0 Å². The molecule has 0 spiro atoms. The monoisotopic (exact) mass is 416 g/mol. The Labute approximate surface area is 170 Å². The smallest absolute Gasteiger partial charge is 0.211 e. The Balaban J connectivity index is 1.90. The van der Waals surface area contributed by atoms with Crippen molar-refractivity contribution in [2.45, 2.75) is 13.0 Å². The van der Waals surface area contributed by atoms with Gasteiger partial charge in [-0.3, -0.25) is 0 Å². The van der Waals surface area contributed by atoms with E-state index in [0.717, 1.165) is 34.0 Å². The molecule has 2 aromatic carbocycles. The molecule has 7 heteroatoms. The molecule has 0 aliphatic carbocycles. The fourth-order valence-electron chi connectivity index (χ4n) is 3.68. The number of halogens is 1. The maximum Gasteiger partial charge on any atom is 0.211 e. The Kier molecular flexibility index (Phi) is 4.95. The molecule has 4 rings (SSSR count). The van der Waals surface area contributed by atoms with Gasteiger partial charge in [-0.15, -0.1) is 0 Å². The fourth-order valence-corrected chi connectivity index (χ4v) is 4.69. The molecule has 0 saturated heterocycles. The highest BCUT2D eigenvalue weighted by atomic mass is 35.5. The van der Waals surface area contributed by atoms with Crippen LogP contribution in [0.3, 0.4) is 0 Å². The van der Waals surface area contributed by atoms with E-state index in [1.165, 1.54) is 10.6 Å². The number of rotatable bonds is 4. The predicted octanol–water partition coefficient (Wildman–Crippen LogP) is 4.12. The Morgan fingerprint density at radius 1 is 1.07 bits per heavy atom. The molecule has 0 unspecified atom stereocenters. The van der Waals surface area contributed by atoms with Gasteiger partial charge in [0.15, 0.2) is 0 Å². The Hall–Kier alpha value is -2.28. The minimum absolute atomic E-state index is 0.370. The topological polar surface area (TPSA) is 51.5 Å². The van der Waals surface area contributed by atoms with E-state index in [0.29, 0.717) is 24.5 Å². The van der Waals surface area contributed by atoms with Gasteiger partial charge in [0.2, 0.25) is 10.0 Å². The lowest BCUT2D eigenvalue weighted by molar-refractivity contribution is 0.391. The second kappa shape index (κ2) is 7.28. The van der Waals surface area contributed by atoms with Gasteiger partial charge in [-0.25, -0.2) is 8.42 Å². The summed E-state index contributed by atoms with van der Waals surface area (Å²) in [5, 5.41) is 0.654. The summed E-state index contributed by atoms with van der Waals surface area (Å²) >= 11 is 6.52. The number of aromatic nitrogens is 1. The number of para-hydroxylation sites is 1. The van der Waals surface area contributed by atoms with Crippen LogP contribution in [-0.2, 0) is 23.0 Å². The summed E-state index contributed by atoms with van der Waals surface area (Å²) in [5.41, 5.74) is 4.99. The molecule has 2 heterocycles. The predicted molar refractivity (Wildman–Crippen MR) is 112 cm³/mol. The molecule has 5 nitrogen and oxygen atoms in total. The summed E-state index contributed by atoms with van der Waals surface area (Å²) in [4.78, 5) is 0. The quantitative estimate of drug-likeness (QED) is 0.642. The van der Waals surface area contributed by atoms with Gasteiger partial charge in [0.05, 0.1) is 29.8 Å². The summed E-state index contributed by atoms with van der Waals surface area (Å²) < 4.78 is 33.0. The van der Waals surface area contributed by atoms with Gasteiger partial charge < -0.3 is 9.30 Å². The first kappa shape index (κ1) is 19.1. The molecule has 1 aliphatic rings. The molecule has 1 aliphatic heterocycles. The van der Waals surface area contributed by atoms with Crippen molar-refractivity contribution in [1.82, 2.24) is 8.87 Å². The zero-order chi connectivity index (χ0) is 19.9. The fraction of sp³-hybridized carbons (Fsp3) is 0.238. The molecule has 0 radical (unpaired) electrons. The lowest BCUT2D eigenvalue weighted by Gasteiger charge is -2.26. The van der Waals surface area contributed by atoms with Gasteiger partial charge in [0, 0.05) is 25.2 Å². The average Bonchev–Trinajstić information content (AvgIpc) is 3.06. The third-order valence-corrected chi connectivity index (χ3v) is 6.65. The van der Waals surface area contributed by atoms with Crippen molar-refractivity contribution in [2.75, 3.05) is 19.9 Å². The highest BCUT2D eigenvalue weighted by Crippen LogP contribution is 2.36. The largest absolute Gasteiger partial charge is 0.497 e. The molecule has 1 aromatic heterocycles. The number of nitrogens with zero attached hydrogens (tertiary/aromatic N) is 2. The Morgan fingerprint density at radius 3 is 2.43 bits per heavy atom. The van der Waals surface area contributed by atoms with E-state index in [1.54, 1.807) is 7.11 Å². The highest BCUT2D eigenvalue weighted by molar-refractivity contribution is 7.88. The molecule has 0 fully saturated rings. The van der Waals surface area contributed by atoms with Crippen LogP contribution in [0, 0.1) is 0 Å². The summed E-state index contributed by atoms with van der Waals surface area (Å²) in [7, 11) is -1.60. The van der Waals surface area contributed by atoms with Crippen LogP contribution in [0.2, 0.25) is 5.02 Å². The Morgan fingerprint density at radius 2 is 1.79 bits per heavy atom. The zero-order valence-corrected chi connectivity index (χ0v) is 17.3. The summed E-state index contributed by atoms with van der Waals surface area (Å²) in [6, 6.07) is 17.6. The van der Waals surface area contributed by atoms with Crippen LogP contribution in [0.4, 0.5) is 0 Å². The van der Waals surface area contributed by atoms with Gasteiger partial charge in [0.25, 0.3) is 0 Å². The van der Waals surface area contributed by atoms with E-state index in [1.807, 2.05) is 48.5 Å². The summed E-state index contributed by atoms with van der Waals surface area (Å²) in [6.07, 6.45) is 1.89. The third-order valence-electron chi connectivity index (χ3n) is 5.09. The molecule has 28 heavy (non-hydrogen) atoms. The second-order valence-electron chi connectivity index (χ2n) is 6.86. The molecule has 3 aromatic rings. The number of fused-ring (bicyclic) bond motifs is 1. The van der Waals surface area contributed by atoms with Crippen molar-refractivity contribution in [3.63, 3.8) is 0 Å². The first-order valence-corrected chi connectivity index (χ1v) is 11.2. The minimum atomic E-state index is -3.24. The molecular formula is C21H21ClN2O3S. The average molecular weight is 417 g/mol. The lowest BCUT2D eigenvalue weighted by Crippen LogP contribution is -2.35. The van der Waals surface area contributed by atoms with Crippen LogP contribution < -0.4 is 4.74 Å². The van der Waals surface area contributed by atoms with Crippen LogP contribution >= 0.6 is 11.6 Å². The number of sulfonamides is 1. The van der Waals surface area contributed by atoms with Crippen LogP contribution in [0.25, 0.3) is 16.9 Å². The van der Waals surface area contributed by atoms with Crippen LogP contribution in [0.5, 0.6) is 5.75 Å². The van der Waals surface area contributed by atoms with Crippen molar-refractivity contribution in [1.29, 1.82) is 0 Å². The van der Waals surface area contributed by atoms with Crippen molar-refractivity contribution < 1.29 is 13.2 Å². The summed E-state index contributed by atoms with van der Waals surface area (Å²) in [6.45, 7) is 0.830. The number of hydrogen-bond donors (Lipinski definition) is 0. The van der Waals surface area contributed by atoms with E-state index < -0.39 is 10.0 Å². The maximum absolute atomic E-state index is 12.0. The van der Waals surface area contributed by atoms with Crippen LogP contribution in [-0.4, -0.2) is 37.2 Å². The molecule has 0 amide bonds. The number of benzene rings is 2. The Bertz CT molecular complexity index is 1120. The molecular weight excluding hydrogens is 396 g/mol. The van der Waals surface area contributed by atoms with E-state index in [9.17, 15) is 8.42 Å². The molecule has 0 saturated carbocycles.